The van der Waals surface area contributed by atoms with Gasteiger partial charge in [-0.3, -0.25) is 9.59 Å². The number of pyridine rings is 2. The zero-order valence-electron chi connectivity index (χ0n) is 35.9. The molecule has 342 valence electrons. The second kappa shape index (κ2) is 21.2. The predicted octanol–water partition coefficient (Wildman–Crippen LogP) is 8.16. The van der Waals surface area contributed by atoms with Gasteiger partial charge in [0.25, 0.3) is 5.91 Å². The van der Waals surface area contributed by atoms with Crippen LogP contribution in [0.25, 0.3) is 22.3 Å². The predicted molar refractivity (Wildman–Crippen MR) is 246 cm³/mol. The highest BCUT2D eigenvalue weighted by atomic mass is 35.5. The number of piperidine rings is 1. The summed E-state index contributed by atoms with van der Waals surface area (Å²) in [5, 5.41) is 19.8. The number of hydrogen-bond donors (Lipinski definition) is 6. The Morgan fingerprint density at radius 1 is 0.797 bits per heavy atom. The number of anilines is 4. The van der Waals surface area contributed by atoms with Crippen LogP contribution in [0.5, 0.6) is 0 Å². The van der Waals surface area contributed by atoms with Crippen molar-refractivity contribution in [3.05, 3.63) is 82.6 Å². The van der Waals surface area contributed by atoms with Crippen LogP contribution in [-0.2, 0) is 23.8 Å². The summed E-state index contributed by atoms with van der Waals surface area (Å²) in [5.41, 5.74) is 3.02. The van der Waals surface area contributed by atoms with Crippen LogP contribution >= 0.6 is 23.2 Å². The minimum absolute atomic E-state index is 0.0979. The maximum Gasteiger partial charge on any atom is 0.256 e. The highest BCUT2D eigenvalue weighted by Crippen LogP contribution is 2.40. The van der Waals surface area contributed by atoms with E-state index in [0.717, 1.165) is 45.1 Å². The van der Waals surface area contributed by atoms with Gasteiger partial charge < -0.3 is 46.1 Å². The third-order valence-electron chi connectivity index (χ3n) is 13.1. The Labute approximate surface area is 382 Å². The fraction of sp³-hybridized carbons (Fsp3) is 0.489. The summed E-state index contributed by atoms with van der Waals surface area (Å²) >= 11 is 13.2. The molecular weight excluding hydrogens is 865 g/mol. The molecular formula is C47H56Cl2F2N8O5. The number of halogens is 4. The van der Waals surface area contributed by atoms with Crippen molar-refractivity contribution >= 4 is 58.0 Å². The summed E-state index contributed by atoms with van der Waals surface area (Å²) in [6.45, 7) is 7.43. The lowest BCUT2D eigenvalue weighted by Crippen LogP contribution is -2.56. The Balaban J connectivity index is 0.885. The molecule has 5 atom stereocenters. The number of benzene rings is 2. The molecule has 64 heavy (non-hydrogen) atoms. The molecule has 3 unspecified atom stereocenters. The number of carbonyl (C=O) groups excluding carboxylic acids is 2. The summed E-state index contributed by atoms with van der Waals surface area (Å²) in [6.07, 6.45) is 7.15. The molecule has 2 aromatic heterocycles. The molecule has 0 spiro atoms. The summed E-state index contributed by atoms with van der Waals surface area (Å²) in [6, 6.07) is 13.0. The summed E-state index contributed by atoms with van der Waals surface area (Å²) in [5.74, 6) is -0.319. The first-order chi connectivity index (χ1) is 31.1. The fourth-order valence-electron chi connectivity index (χ4n) is 9.01. The SMILES string of the molecule is CCC1(CNc2cc(-c3cc(NC(=O)[C@@H]4CCCNC4)ncc3Cl)ccc2F)CCOC(C2CNC[C@H](C(=O)Nc3cc(-c4ccc(F)c(NCC5CCOCC5)c4)c(Cl)cn3)O2)C1. The van der Waals surface area contributed by atoms with E-state index in [0.29, 0.717) is 114 Å². The molecule has 4 fully saturated rings. The molecule has 0 radical (unpaired) electrons. The lowest BCUT2D eigenvalue weighted by atomic mass is 9.74. The second-order valence-corrected chi connectivity index (χ2v) is 18.2. The zero-order chi connectivity index (χ0) is 44.6. The largest absolute Gasteiger partial charge is 0.382 e. The van der Waals surface area contributed by atoms with Gasteiger partial charge in [-0.1, -0.05) is 42.3 Å². The second-order valence-electron chi connectivity index (χ2n) is 17.3. The first kappa shape index (κ1) is 46.1. The van der Waals surface area contributed by atoms with E-state index in [-0.39, 0.29) is 40.9 Å². The Hall–Kier alpha value is -4.48. The quantitative estimate of drug-likeness (QED) is 0.0725. The Kier molecular flexibility index (Phi) is 15.3. The standard InChI is InChI=1S/C47H56Cl2F2N8O5/c1-2-47(27-57-39-17-30(6-8-37(39)51)32-18-43(55-23-34(32)48)58-45(60)31-4-3-12-52-22-31)11-15-63-40(20-47)41-25-53-26-42(64-41)46(61)59-44-19-33(35(49)24-56-44)29-5-7-36(50)38(16-29)54-21-28-9-13-62-14-10-28/h5-8,16-19,23-24,28,31,40-42,52-54,57H,2-4,9-15,20-22,25-27H2,1H3,(H,55,58,60)(H,56,59,61)/t31-,40?,41?,42-,47?/m1/s1. The van der Waals surface area contributed by atoms with Gasteiger partial charge in [-0.05, 0) is 110 Å². The Bertz CT molecular complexity index is 2280. The van der Waals surface area contributed by atoms with Crippen LogP contribution in [0.15, 0.2) is 60.9 Å². The summed E-state index contributed by atoms with van der Waals surface area (Å²) in [4.78, 5) is 35.3. The number of aromatic nitrogens is 2. The minimum atomic E-state index is -0.832. The van der Waals surface area contributed by atoms with E-state index in [4.69, 9.17) is 37.4 Å². The molecule has 4 aromatic rings. The highest BCUT2D eigenvalue weighted by molar-refractivity contribution is 6.33. The van der Waals surface area contributed by atoms with Crippen LogP contribution in [0.1, 0.15) is 51.9 Å². The number of ether oxygens (including phenoxy) is 3. The van der Waals surface area contributed by atoms with Gasteiger partial charge in [-0.2, -0.15) is 0 Å². The van der Waals surface area contributed by atoms with Gasteiger partial charge in [0.1, 0.15) is 29.4 Å². The van der Waals surface area contributed by atoms with Crippen LogP contribution in [0.3, 0.4) is 0 Å². The van der Waals surface area contributed by atoms with Crippen LogP contribution in [0, 0.1) is 28.9 Å². The Morgan fingerprint density at radius 3 is 2.09 bits per heavy atom. The summed E-state index contributed by atoms with van der Waals surface area (Å²) < 4.78 is 48.5. The number of nitrogens with zero attached hydrogens (tertiary/aromatic N) is 2. The van der Waals surface area contributed by atoms with E-state index in [1.54, 1.807) is 36.4 Å². The van der Waals surface area contributed by atoms with Crippen molar-refractivity contribution < 1.29 is 32.6 Å². The van der Waals surface area contributed by atoms with E-state index in [2.05, 4.69) is 48.8 Å². The number of amides is 2. The topological polar surface area (TPSA) is 160 Å². The maximum absolute atomic E-state index is 15.4. The van der Waals surface area contributed by atoms with Crippen molar-refractivity contribution in [1.29, 1.82) is 0 Å². The van der Waals surface area contributed by atoms with Crippen molar-refractivity contribution in [2.45, 2.75) is 70.2 Å². The monoisotopic (exact) mass is 920 g/mol. The number of nitrogens with one attached hydrogen (secondary N) is 6. The lowest BCUT2D eigenvalue weighted by Gasteiger charge is -2.44. The molecule has 13 nitrogen and oxygen atoms in total. The molecule has 2 amide bonds. The van der Waals surface area contributed by atoms with Gasteiger partial charge in [0.05, 0.1) is 39.5 Å². The van der Waals surface area contributed by atoms with Gasteiger partial charge in [0, 0.05) is 76.1 Å². The first-order valence-corrected chi connectivity index (χ1v) is 23.1. The molecule has 4 saturated heterocycles. The molecule has 6 N–H and O–H groups in total. The van der Waals surface area contributed by atoms with Crippen molar-refractivity contribution in [2.75, 3.05) is 80.4 Å². The van der Waals surface area contributed by atoms with Gasteiger partial charge >= 0.3 is 0 Å². The number of rotatable bonds is 14. The third-order valence-corrected chi connectivity index (χ3v) is 13.7. The smallest absolute Gasteiger partial charge is 0.256 e. The molecule has 17 heteroatoms. The molecule has 6 heterocycles. The van der Waals surface area contributed by atoms with Crippen molar-refractivity contribution in [3.8, 4) is 22.3 Å². The molecule has 2 aromatic carbocycles. The third kappa shape index (κ3) is 11.3. The fourth-order valence-corrected chi connectivity index (χ4v) is 9.43. The van der Waals surface area contributed by atoms with E-state index < -0.39 is 18.0 Å². The molecule has 0 saturated carbocycles. The van der Waals surface area contributed by atoms with Crippen LogP contribution in [-0.4, -0.2) is 99.2 Å². The first-order valence-electron chi connectivity index (χ1n) is 22.3. The Morgan fingerprint density at radius 2 is 1.45 bits per heavy atom. The average molecular weight is 922 g/mol. The van der Waals surface area contributed by atoms with Crippen molar-refractivity contribution in [3.63, 3.8) is 0 Å². The van der Waals surface area contributed by atoms with E-state index >= 15 is 4.39 Å². The molecule has 8 rings (SSSR count). The summed E-state index contributed by atoms with van der Waals surface area (Å²) in [7, 11) is 0. The van der Waals surface area contributed by atoms with E-state index in [9.17, 15) is 14.0 Å². The van der Waals surface area contributed by atoms with Gasteiger partial charge in [-0.15, -0.1) is 0 Å². The van der Waals surface area contributed by atoms with Gasteiger partial charge in [0.2, 0.25) is 5.91 Å². The van der Waals surface area contributed by atoms with Crippen LogP contribution in [0.4, 0.5) is 31.8 Å². The zero-order valence-corrected chi connectivity index (χ0v) is 37.4. The lowest BCUT2D eigenvalue weighted by molar-refractivity contribution is -0.160. The number of hydrogen-bond acceptors (Lipinski definition) is 11. The molecule has 0 aliphatic carbocycles. The van der Waals surface area contributed by atoms with Crippen LogP contribution in [0.2, 0.25) is 10.0 Å². The number of carbonyl (C=O) groups is 2. The average Bonchev–Trinajstić information content (AvgIpc) is 3.33. The maximum atomic E-state index is 15.4. The highest BCUT2D eigenvalue weighted by Gasteiger charge is 2.42. The van der Waals surface area contributed by atoms with Crippen LogP contribution < -0.4 is 31.9 Å². The van der Waals surface area contributed by atoms with Crippen molar-refractivity contribution in [2.24, 2.45) is 17.3 Å². The normalized spacial score (nSPS) is 24.1. The van der Waals surface area contributed by atoms with E-state index in [1.165, 1.54) is 24.5 Å². The minimum Gasteiger partial charge on any atom is -0.382 e. The van der Waals surface area contributed by atoms with Gasteiger partial charge in [0.15, 0.2) is 0 Å². The molecule has 4 aliphatic heterocycles. The van der Waals surface area contributed by atoms with Crippen molar-refractivity contribution in [1.82, 2.24) is 20.6 Å². The van der Waals surface area contributed by atoms with E-state index in [1.807, 2.05) is 0 Å². The molecule has 0 bridgehead atoms. The molecule has 4 aliphatic rings. The number of morpholine rings is 1. The van der Waals surface area contributed by atoms with Gasteiger partial charge in [-0.25, -0.2) is 18.7 Å².